The molecule has 0 fully saturated rings. The normalized spacial score (nSPS) is 14.3. The molecule has 2 rings (SSSR count). The van der Waals surface area contributed by atoms with Crippen molar-refractivity contribution in [3.63, 3.8) is 0 Å². The highest BCUT2D eigenvalue weighted by atomic mass is 19.4. The molecular formula is C18H20F3N3O4. The van der Waals surface area contributed by atoms with Crippen LogP contribution in [0, 0.1) is 0 Å². The number of hydrogen-bond donors (Lipinski definition) is 1. The average molecular weight is 399 g/mol. The van der Waals surface area contributed by atoms with E-state index in [1.807, 2.05) is 0 Å². The first-order chi connectivity index (χ1) is 13.1. The SMILES string of the molecule is CCOC(=O)CC(=O)N(C1=CCN(C(=O)C(F)(F)F)CC1)c1ccccc1N. The smallest absolute Gasteiger partial charge is 0.466 e. The fraction of sp³-hybridized carbons (Fsp3) is 0.389. The zero-order valence-electron chi connectivity index (χ0n) is 15.2. The van der Waals surface area contributed by atoms with Gasteiger partial charge in [0.1, 0.15) is 6.42 Å². The Morgan fingerprint density at radius 2 is 1.93 bits per heavy atom. The van der Waals surface area contributed by atoms with E-state index < -0.39 is 30.4 Å². The molecule has 28 heavy (non-hydrogen) atoms. The van der Waals surface area contributed by atoms with Gasteiger partial charge in [0.15, 0.2) is 0 Å². The van der Waals surface area contributed by atoms with Crippen molar-refractivity contribution >= 4 is 29.2 Å². The lowest BCUT2D eigenvalue weighted by Gasteiger charge is -2.33. The molecule has 1 aromatic rings. The largest absolute Gasteiger partial charge is 0.471 e. The lowest BCUT2D eigenvalue weighted by atomic mass is 10.1. The van der Waals surface area contributed by atoms with E-state index in [2.05, 4.69) is 0 Å². The van der Waals surface area contributed by atoms with Crippen molar-refractivity contribution in [1.29, 1.82) is 0 Å². The van der Waals surface area contributed by atoms with Gasteiger partial charge < -0.3 is 15.4 Å². The van der Waals surface area contributed by atoms with Crippen LogP contribution in [0.1, 0.15) is 19.8 Å². The number of anilines is 2. The third-order valence-electron chi connectivity index (χ3n) is 4.03. The Morgan fingerprint density at radius 3 is 2.46 bits per heavy atom. The number of carbonyl (C=O) groups is 3. The van der Waals surface area contributed by atoms with Crippen molar-refractivity contribution in [3.05, 3.63) is 36.0 Å². The van der Waals surface area contributed by atoms with Crippen LogP contribution in [0.3, 0.4) is 0 Å². The molecular weight excluding hydrogens is 379 g/mol. The molecule has 1 heterocycles. The second-order valence-electron chi connectivity index (χ2n) is 5.96. The van der Waals surface area contributed by atoms with Gasteiger partial charge in [0.05, 0.1) is 18.0 Å². The van der Waals surface area contributed by atoms with Crippen molar-refractivity contribution in [1.82, 2.24) is 4.90 Å². The van der Waals surface area contributed by atoms with Crippen molar-refractivity contribution in [3.8, 4) is 0 Å². The number of halogens is 3. The molecule has 0 aromatic heterocycles. The zero-order valence-corrected chi connectivity index (χ0v) is 15.2. The third kappa shape index (κ3) is 5.02. The summed E-state index contributed by atoms with van der Waals surface area (Å²) in [5.74, 6) is -3.29. The van der Waals surface area contributed by atoms with Gasteiger partial charge >= 0.3 is 18.1 Å². The molecule has 152 valence electrons. The van der Waals surface area contributed by atoms with Crippen LogP contribution in [0.15, 0.2) is 36.0 Å². The van der Waals surface area contributed by atoms with Crippen molar-refractivity contribution in [2.75, 3.05) is 30.3 Å². The topological polar surface area (TPSA) is 92.9 Å². The number of nitrogens with zero attached hydrogens (tertiary/aromatic N) is 2. The van der Waals surface area contributed by atoms with Crippen molar-refractivity contribution < 1.29 is 32.3 Å². The maximum absolute atomic E-state index is 12.7. The van der Waals surface area contributed by atoms with Crippen LogP contribution in [-0.4, -0.2) is 48.6 Å². The highest BCUT2D eigenvalue weighted by molar-refractivity contribution is 6.06. The molecule has 7 nitrogen and oxygen atoms in total. The predicted octanol–water partition coefficient (Wildman–Crippen LogP) is 2.23. The number of para-hydroxylation sites is 2. The molecule has 0 bridgehead atoms. The molecule has 0 saturated heterocycles. The summed E-state index contributed by atoms with van der Waals surface area (Å²) in [4.78, 5) is 37.7. The van der Waals surface area contributed by atoms with Gasteiger partial charge in [-0.1, -0.05) is 12.1 Å². The Bertz CT molecular complexity index is 793. The minimum Gasteiger partial charge on any atom is -0.466 e. The molecule has 2 N–H and O–H groups in total. The van der Waals surface area contributed by atoms with Crippen molar-refractivity contribution in [2.24, 2.45) is 0 Å². The third-order valence-corrected chi connectivity index (χ3v) is 4.03. The van der Waals surface area contributed by atoms with Crippen molar-refractivity contribution in [2.45, 2.75) is 25.9 Å². The summed E-state index contributed by atoms with van der Waals surface area (Å²) < 4.78 is 42.6. The summed E-state index contributed by atoms with van der Waals surface area (Å²) in [5, 5.41) is 0. The number of esters is 1. The first-order valence-corrected chi connectivity index (χ1v) is 8.53. The first-order valence-electron chi connectivity index (χ1n) is 8.53. The lowest BCUT2D eigenvalue weighted by molar-refractivity contribution is -0.185. The Labute approximate surface area is 159 Å². The van der Waals surface area contributed by atoms with Crippen LogP contribution in [-0.2, 0) is 19.1 Å². The Balaban J connectivity index is 2.29. The van der Waals surface area contributed by atoms with Gasteiger partial charge in [-0.05, 0) is 25.1 Å². The number of ether oxygens (including phenoxy) is 1. The zero-order chi connectivity index (χ0) is 20.9. The maximum Gasteiger partial charge on any atom is 0.471 e. The Hall–Kier alpha value is -3.04. The molecule has 10 heteroatoms. The van der Waals surface area contributed by atoms with E-state index >= 15 is 0 Å². The van der Waals surface area contributed by atoms with Gasteiger partial charge in [-0.25, -0.2) is 0 Å². The quantitative estimate of drug-likeness (QED) is 0.466. The fourth-order valence-electron chi connectivity index (χ4n) is 2.78. The standard InChI is InChI=1S/C18H20F3N3O4/c1-2-28-16(26)11-15(25)24(14-6-4-3-5-13(14)22)12-7-9-23(10-8-12)17(27)18(19,20)21/h3-7H,2,8-11,22H2,1H3. The molecule has 0 atom stereocenters. The number of nitrogens with two attached hydrogens (primary N) is 1. The molecule has 0 spiro atoms. The van der Waals surface area contributed by atoms with E-state index in [-0.39, 0.29) is 31.8 Å². The fourth-order valence-corrected chi connectivity index (χ4v) is 2.78. The van der Waals surface area contributed by atoms with Crippen LogP contribution in [0.25, 0.3) is 0 Å². The minimum atomic E-state index is -4.96. The van der Waals surface area contributed by atoms with Crippen LogP contribution < -0.4 is 10.6 Å². The first kappa shape index (κ1) is 21.3. The number of benzene rings is 1. The van der Waals surface area contributed by atoms with Gasteiger partial charge in [0.25, 0.3) is 0 Å². The summed E-state index contributed by atoms with van der Waals surface area (Å²) in [6.45, 7) is 1.17. The second-order valence-corrected chi connectivity index (χ2v) is 5.96. The molecule has 0 saturated carbocycles. The molecule has 2 amide bonds. The summed E-state index contributed by atoms with van der Waals surface area (Å²) in [5.41, 5.74) is 6.86. The Kier molecular flexibility index (Phi) is 6.66. The highest BCUT2D eigenvalue weighted by Crippen LogP contribution is 2.30. The van der Waals surface area contributed by atoms with Gasteiger partial charge in [-0.3, -0.25) is 19.3 Å². The van der Waals surface area contributed by atoms with Gasteiger partial charge in [0, 0.05) is 25.2 Å². The molecule has 1 aliphatic rings. The number of rotatable bonds is 5. The van der Waals surface area contributed by atoms with Crippen LogP contribution in [0.5, 0.6) is 0 Å². The number of hydrogen-bond acceptors (Lipinski definition) is 5. The number of alkyl halides is 3. The molecule has 1 aliphatic heterocycles. The predicted molar refractivity (Wildman–Crippen MR) is 94.9 cm³/mol. The van der Waals surface area contributed by atoms with Gasteiger partial charge in [0.2, 0.25) is 5.91 Å². The van der Waals surface area contributed by atoms with E-state index in [0.29, 0.717) is 16.3 Å². The van der Waals surface area contributed by atoms with E-state index in [1.165, 1.54) is 11.0 Å². The van der Waals surface area contributed by atoms with E-state index in [1.54, 1.807) is 31.2 Å². The monoisotopic (exact) mass is 399 g/mol. The maximum atomic E-state index is 12.7. The summed E-state index contributed by atoms with van der Waals surface area (Å²) >= 11 is 0. The lowest BCUT2D eigenvalue weighted by Crippen LogP contribution is -2.45. The van der Waals surface area contributed by atoms with Crippen LogP contribution in [0.2, 0.25) is 0 Å². The van der Waals surface area contributed by atoms with Crippen LogP contribution in [0.4, 0.5) is 24.5 Å². The number of carbonyl (C=O) groups excluding carboxylic acids is 3. The summed E-state index contributed by atoms with van der Waals surface area (Å²) in [6, 6.07) is 6.42. The number of nitrogen functional groups attached to an aromatic ring is 1. The molecule has 0 radical (unpaired) electrons. The summed E-state index contributed by atoms with van der Waals surface area (Å²) in [6.07, 6.45) is -4.17. The highest BCUT2D eigenvalue weighted by Gasteiger charge is 2.43. The molecule has 1 aromatic carbocycles. The Morgan fingerprint density at radius 1 is 1.25 bits per heavy atom. The van der Waals surface area contributed by atoms with Gasteiger partial charge in [-0.2, -0.15) is 13.2 Å². The van der Waals surface area contributed by atoms with Crippen LogP contribution >= 0.6 is 0 Å². The van der Waals surface area contributed by atoms with E-state index in [9.17, 15) is 27.6 Å². The molecule has 0 aliphatic carbocycles. The summed E-state index contributed by atoms with van der Waals surface area (Å²) in [7, 11) is 0. The van der Waals surface area contributed by atoms with E-state index in [4.69, 9.17) is 10.5 Å². The van der Waals surface area contributed by atoms with E-state index in [0.717, 1.165) is 0 Å². The number of amides is 2. The van der Waals surface area contributed by atoms with Gasteiger partial charge in [-0.15, -0.1) is 0 Å². The molecule has 0 unspecified atom stereocenters. The second kappa shape index (κ2) is 8.77. The average Bonchev–Trinajstić information content (AvgIpc) is 2.63. The minimum absolute atomic E-state index is 0.00921.